The Morgan fingerprint density at radius 3 is 2.54 bits per heavy atom. The Morgan fingerprint density at radius 1 is 1.46 bits per heavy atom. The highest BCUT2D eigenvalue weighted by Crippen LogP contribution is 1.99. The van der Waals surface area contributed by atoms with Gasteiger partial charge in [0.05, 0.1) is 19.6 Å². The highest BCUT2D eigenvalue weighted by Gasteiger charge is 2.14. The number of hydrogen-bond donors (Lipinski definition) is 0. The summed E-state index contributed by atoms with van der Waals surface area (Å²) in [5, 5.41) is 0. The monoisotopic (exact) mass is 189 g/mol. The molecule has 4 heteroatoms. The zero-order valence-corrected chi connectivity index (χ0v) is 8.87. The quantitative estimate of drug-likeness (QED) is 0.566. The largest absolute Gasteiger partial charge is 0.469 e. The van der Waals surface area contributed by atoms with Gasteiger partial charge in [-0.25, -0.2) is 0 Å². The van der Waals surface area contributed by atoms with Gasteiger partial charge < -0.3 is 14.4 Å². The molecule has 0 N–H and O–H groups in total. The van der Waals surface area contributed by atoms with Crippen LogP contribution in [0.4, 0.5) is 0 Å². The van der Waals surface area contributed by atoms with E-state index in [0.29, 0.717) is 13.2 Å². The van der Waals surface area contributed by atoms with E-state index in [0.717, 1.165) is 6.54 Å². The zero-order chi connectivity index (χ0) is 10.3. The topological polar surface area (TPSA) is 38.8 Å². The van der Waals surface area contributed by atoms with Crippen LogP contribution in [0.3, 0.4) is 0 Å². The summed E-state index contributed by atoms with van der Waals surface area (Å²) in [6.45, 7) is 4.08. The highest BCUT2D eigenvalue weighted by molar-refractivity contribution is 5.71. The molecule has 0 aliphatic carbocycles. The average Bonchev–Trinajstić information content (AvgIpc) is 2.13. The van der Waals surface area contributed by atoms with E-state index < -0.39 is 0 Å². The Bertz CT molecular complexity index is 150. The molecule has 1 unspecified atom stereocenters. The van der Waals surface area contributed by atoms with E-state index in [9.17, 15) is 4.79 Å². The minimum atomic E-state index is -0.163. The molecule has 4 nitrogen and oxygen atoms in total. The van der Waals surface area contributed by atoms with Crippen LogP contribution in [0.5, 0.6) is 0 Å². The summed E-state index contributed by atoms with van der Waals surface area (Å²) < 4.78 is 9.54. The van der Waals surface area contributed by atoms with Crippen LogP contribution in [0.2, 0.25) is 0 Å². The first-order valence-corrected chi connectivity index (χ1v) is 4.37. The van der Waals surface area contributed by atoms with Gasteiger partial charge in [0.2, 0.25) is 0 Å². The Labute approximate surface area is 79.8 Å². The summed E-state index contributed by atoms with van der Waals surface area (Å²) in [4.78, 5) is 13.1. The minimum absolute atomic E-state index is 0.0770. The summed E-state index contributed by atoms with van der Waals surface area (Å²) in [6.07, 6.45) is 0. The van der Waals surface area contributed by atoms with Crippen molar-refractivity contribution in [3.63, 3.8) is 0 Å². The minimum Gasteiger partial charge on any atom is -0.469 e. The molecular weight excluding hydrogens is 170 g/mol. The van der Waals surface area contributed by atoms with Crippen molar-refractivity contribution in [3.8, 4) is 0 Å². The lowest BCUT2D eigenvalue weighted by Crippen LogP contribution is -2.31. The second-order valence-corrected chi connectivity index (χ2v) is 3.18. The first-order chi connectivity index (χ1) is 6.11. The second kappa shape index (κ2) is 6.86. The van der Waals surface area contributed by atoms with Gasteiger partial charge in [-0.05, 0) is 7.05 Å². The summed E-state index contributed by atoms with van der Waals surface area (Å²) >= 11 is 0. The van der Waals surface area contributed by atoms with E-state index in [-0.39, 0.29) is 11.9 Å². The number of likely N-dealkylation sites (N-methyl/N-ethyl adjacent to an activating group) is 1. The van der Waals surface area contributed by atoms with Gasteiger partial charge in [0.1, 0.15) is 0 Å². The molecule has 0 amide bonds. The molecular formula is C9H19NO3. The number of hydrogen-bond acceptors (Lipinski definition) is 4. The molecule has 0 aromatic carbocycles. The fourth-order valence-electron chi connectivity index (χ4n) is 1.08. The number of rotatable bonds is 6. The summed E-state index contributed by atoms with van der Waals surface area (Å²) in [5.74, 6) is -0.240. The van der Waals surface area contributed by atoms with E-state index in [4.69, 9.17) is 4.74 Å². The lowest BCUT2D eigenvalue weighted by atomic mass is 10.2. The van der Waals surface area contributed by atoms with Crippen molar-refractivity contribution in [2.75, 3.05) is 41.0 Å². The predicted octanol–water partition coefficient (Wildman–Crippen LogP) is 0.374. The third-order valence-corrected chi connectivity index (χ3v) is 1.87. The molecule has 0 radical (unpaired) electrons. The molecule has 0 spiro atoms. The van der Waals surface area contributed by atoms with Crippen LogP contribution in [-0.2, 0) is 14.3 Å². The van der Waals surface area contributed by atoms with Gasteiger partial charge in [0, 0.05) is 20.2 Å². The number of ether oxygens (including phenoxy) is 2. The van der Waals surface area contributed by atoms with Crippen LogP contribution >= 0.6 is 0 Å². The van der Waals surface area contributed by atoms with E-state index in [1.165, 1.54) is 7.11 Å². The van der Waals surface area contributed by atoms with Crippen molar-refractivity contribution in [1.82, 2.24) is 4.90 Å². The third kappa shape index (κ3) is 5.60. The summed E-state index contributed by atoms with van der Waals surface area (Å²) in [5.41, 5.74) is 0. The number of carbonyl (C=O) groups excluding carboxylic acids is 1. The summed E-state index contributed by atoms with van der Waals surface area (Å²) in [7, 11) is 5.03. The molecule has 0 heterocycles. The molecule has 0 aliphatic heterocycles. The van der Waals surface area contributed by atoms with Gasteiger partial charge in [0.25, 0.3) is 0 Å². The molecule has 0 bridgehead atoms. The van der Waals surface area contributed by atoms with E-state index in [1.54, 1.807) is 7.11 Å². The van der Waals surface area contributed by atoms with Crippen molar-refractivity contribution in [1.29, 1.82) is 0 Å². The van der Waals surface area contributed by atoms with Crippen molar-refractivity contribution in [2.45, 2.75) is 6.92 Å². The van der Waals surface area contributed by atoms with E-state index in [1.807, 2.05) is 18.9 Å². The number of methoxy groups -OCH3 is 2. The van der Waals surface area contributed by atoms with Gasteiger partial charge in [0.15, 0.2) is 0 Å². The standard InChI is InChI=1S/C9H19NO3/c1-8(9(11)13-4)7-10(2)5-6-12-3/h8H,5-7H2,1-4H3. The number of carbonyl (C=O) groups is 1. The first-order valence-electron chi connectivity index (χ1n) is 4.37. The lowest BCUT2D eigenvalue weighted by molar-refractivity contribution is -0.145. The van der Waals surface area contributed by atoms with E-state index in [2.05, 4.69) is 4.74 Å². The Kier molecular flexibility index (Phi) is 6.54. The summed E-state index contributed by atoms with van der Waals surface area (Å²) in [6, 6.07) is 0. The molecule has 1 atom stereocenters. The van der Waals surface area contributed by atoms with Crippen LogP contribution in [0.25, 0.3) is 0 Å². The van der Waals surface area contributed by atoms with Crippen LogP contribution in [0, 0.1) is 5.92 Å². The lowest BCUT2D eigenvalue weighted by Gasteiger charge is -2.19. The Hall–Kier alpha value is -0.610. The predicted molar refractivity (Wildman–Crippen MR) is 50.6 cm³/mol. The van der Waals surface area contributed by atoms with Crippen LogP contribution < -0.4 is 0 Å². The third-order valence-electron chi connectivity index (χ3n) is 1.87. The molecule has 0 rings (SSSR count). The zero-order valence-electron chi connectivity index (χ0n) is 8.87. The highest BCUT2D eigenvalue weighted by atomic mass is 16.5. The van der Waals surface area contributed by atoms with Crippen molar-refractivity contribution in [3.05, 3.63) is 0 Å². The van der Waals surface area contributed by atoms with Crippen molar-refractivity contribution in [2.24, 2.45) is 5.92 Å². The van der Waals surface area contributed by atoms with Crippen molar-refractivity contribution >= 4 is 5.97 Å². The van der Waals surface area contributed by atoms with Crippen LogP contribution in [-0.4, -0.2) is 51.8 Å². The van der Waals surface area contributed by atoms with Gasteiger partial charge in [-0.15, -0.1) is 0 Å². The SMILES string of the molecule is COCCN(C)CC(C)C(=O)OC. The number of nitrogens with zero attached hydrogens (tertiary/aromatic N) is 1. The van der Waals surface area contributed by atoms with Gasteiger partial charge in [-0.1, -0.05) is 6.92 Å². The Morgan fingerprint density at radius 2 is 2.08 bits per heavy atom. The van der Waals surface area contributed by atoms with Gasteiger partial charge >= 0.3 is 5.97 Å². The van der Waals surface area contributed by atoms with Crippen molar-refractivity contribution < 1.29 is 14.3 Å². The van der Waals surface area contributed by atoms with Crippen LogP contribution in [0.1, 0.15) is 6.92 Å². The van der Waals surface area contributed by atoms with Gasteiger partial charge in [-0.3, -0.25) is 4.79 Å². The first kappa shape index (κ1) is 12.4. The normalized spacial score (nSPS) is 13.0. The van der Waals surface area contributed by atoms with Gasteiger partial charge in [-0.2, -0.15) is 0 Å². The average molecular weight is 189 g/mol. The molecule has 0 saturated carbocycles. The second-order valence-electron chi connectivity index (χ2n) is 3.18. The van der Waals surface area contributed by atoms with E-state index >= 15 is 0 Å². The fourth-order valence-corrected chi connectivity index (χ4v) is 1.08. The maximum absolute atomic E-state index is 11.0. The molecule has 0 aromatic heterocycles. The molecule has 13 heavy (non-hydrogen) atoms. The Balaban J connectivity index is 3.64. The molecule has 0 aromatic rings. The molecule has 0 saturated heterocycles. The smallest absolute Gasteiger partial charge is 0.309 e. The van der Waals surface area contributed by atoms with Crippen LogP contribution in [0.15, 0.2) is 0 Å². The maximum Gasteiger partial charge on any atom is 0.309 e. The fraction of sp³-hybridized carbons (Fsp3) is 0.889. The number of esters is 1. The molecule has 0 fully saturated rings. The molecule has 78 valence electrons. The molecule has 0 aliphatic rings. The maximum atomic E-state index is 11.0.